The van der Waals surface area contributed by atoms with Gasteiger partial charge in [0.1, 0.15) is 6.04 Å². The minimum Gasteiger partial charge on any atom is -0.354 e. The normalized spacial score (nSPS) is 22.8. The van der Waals surface area contributed by atoms with Gasteiger partial charge in [-0.05, 0) is 11.3 Å². The van der Waals surface area contributed by atoms with Gasteiger partial charge in [-0.2, -0.15) is 0 Å². The van der Waals surface area contributed by atoms with Crippen LogP contribution in [-0.4, -0.2) is 37.5 Å². The van der Waals surface area contributed by atoms with E-state index in [4.69, 9.17) is 0 Å². The van der Waals surface area contributed by atoms with Crippen molar-refractivity contribution in [2.75, 3.05) is 19.6 Å². The molecule has 1 saturated heterocycles. The second kappa shape index (κ2) is 5.49. The lowest BCUT2D eigenvalue weighted by atomic mass is 9.82. The maximum Gasteiger partial charge on any atom is 0.238 e. The summed E-state index contributed by atoms with van der Waals surface area (Å²) >= 11 is 0. The van der Waals surface area contributed by atoms with Crippen LogP contribution in [-0.2, 0) is 9.59 Å². The van der Waals surface area contributed by atoms with Gasteiger partial charge in [0.15, 0.2) is 0 Å². The van der Waals surface area contributed by atoms with Crippen LogP contribution in [0.2, 0.25) is 0 Å². The van der Waals surface area contributed by atoms with Crippen molar-refractivity contribution < 1.29 is 9.59 Å². The van der Waals surface area contributed by atoms with Crippen LogP contribution in [0.4, 0.5) is 0 Å². The van der Waals surface area contributed by atoms with Gasteiger partial charge >= 0.3 is 0 Å². The molecule has 1 fully saturated rings. The van der Waals surface area contributed by atoms with Crippen LogP contribution in [0.1, 0.15) is 27.7 Å². The van der Waals surface area contributed by atoms with Crippen molar-refractivity contribution in [3.8, 4) is 0 Å². The van der Waals surface area contributed by atoms with Crippen molar-refractivity contribution in [2.45, 2.75) is 33.7 Å². The first-order chi connectivity index (χ1) is 7.80. The lowest BCUT2D eigenvalue weighted by Gasteiger charge is -2.29. The number of nitrogens with one attached hydrogen (secondary N) is 3. The van der Waals surface area contributed by atoms with E-state index in [1.54, 1.807) is 0 Å². The summed E-state index contributed by atoms with van der Waals surface area (Å²) in [7, 11) is 0. The van der Waals surface area contributed by atoms with Crippen LogP contribution >= 0.6 is 0 Å². The van der Waals surface area contributed by atoms with Crippen molar-refractivity contribution in [3.63, 3.8) is 0 Å². The highest BCUT2D eigenvalue weighted by molar-refractivity contribution is 5.86. The summed E-state index contributed by atoms with van der Waals surface area (Å²) in [4.78, 5) is 22.7. The third kappa shape index (κ3) is 4.34. The van der Waals surface area contributed by atoms with E-state index in [0.29, 0.717) is 19.0 Å². The molecule has 5 nitrogen and oxygen atoms in total. The summed E-state index contributed by atoms with van der Waals surface area (Å²) in [6.45, 7) is 9.83. The van der Waals surface area contributed by atoms with E-state index in [2.05, 4.69) is 43.6 Å². The van der Waals surface area contributed by atoms with Gasteiger partial charge in [-0.3, -0.25) is 14.9 Å². The molecule has 0 aromatic heterocycles. The monoisotopic (exact) mass is 241 g/mol. The Hall–Kier alpha value is -1.10. The lowest BCUT2D eigenvalue weighted by molar-refractivity contribution is -0.126. The van der Waals surface area contributed by atoms with Crippen LogP contribution in [0.5, 0.6) is 0 Å². The average molecular weight is 241 g/mol. The number of hydrogen-bond acceptors (Lipinski definition) is 3. The Morgan fingerprint density at radius 3 is 2.65 bits per heavy atom. The van der Waals surface area contributed by atoms with E-state index in [9.17, 15) is 9.59 Å². The van der Waals surface area contributed by atoms with E-state index >= 15 is 0 Å². The van der Waals surface area contributed by atoms with Crippen LogP contribution in [0.3, 0.4) is 0 Å². The zero-order chi connectivity index (χ0) is 13.1. The summed E-state index contributed by atoms with van der Waals surface area (Å²) in [6.07, 6.45) is 0. The molecule has 5 heteroatoms. The molecular formula is C12H23N3O2. The fourth-order valence-corrected chi connectivity index (χ4v) is 1.43. The predicted octanol–water partition coefficient (Wildman–Crippen LogP) is -0.127. The minimum atomic E-state index is -0.306. The molecule has 0 bridgehead atoms. The van der Waals surface area contributed by atoms with Crippen LogP contribution in [0.25, 0.3) is 0 Å². The maximum absolute atomic E-state index is 11.8. The largest absolute Gasteiger partial charge is 0.354 e. The highest BCUT2D eigenvalue weighted by Gasteiger charge is 2.25. The first-order valence-electron chi connectivity index (χ1n) is 6.08. The van der Waals surface area contributed by atoms with Crippen LogP contribution < -0.4 is 16.0 Å². The Morgan fingerprint density at radius 2 is 2.18 bits per heavy atom. The molecule has 0 aliphatic carbocycles. The lowest BCUT2D eigenvalue weighted by Crippen LogP contribution is -2.58. The standard InChI is InChI=1S/C12H23N3O2/c1-8(12(2,3)4)5-15-11(17)9-6-14-10(16)7-13-9/h8-9,13H,5-7H2,1-4H3,(H,14,16)(H,15,17). The Balaban J connectivity index is 2.32. The Kier molecular flexibility index (Phi) is 4.51. The second-order valence-electron chi connectivity index (χ2n) is 5.75. The Labute approximate surface area is 103 Å². The summed E-state index contributed by atoms with van der Waals surface area (Å²) < 4.78 is 0. The smallest absolute Gasteiger partial charge is 0.238 e. The highest BCUT2D eigenvalue weighted by Crippen LogP contribution is 2.24. The molecule has 0 spiro atoms. The van der Waals surface area contributed by atoms with Crippen molar-refractivity contribution in [1.29, 1.82) is 0 Å². The third-order valence-corrected chi connectivity index (χ3v) is 3.39. The summed E-state index contributed by atoms with van der Waals surface area (Å²) in [5, 5.41) is 8.50. The van der Waals surface area contributed by atoms with Gasteiger partial charge in [-0.25, -0.2) is 0 Å². The number of rotatable bonds is 3. The quantitative estimate of drug-likeness (QED) is 0.645. The van der Waals surface area contributed by atoms with E-state index in [-0.39, 0.29) is 29.8 Å². The molecule has 2 amide bonds. The van der Waals surface area contributed by atoms with Crippen molar-refractivity contribution in [1.82, 2.24) is 16.0 Å². The molecule has 98 valence electrons. The molecule has 1 aliphatic heterocycles. The van der Waals surface area contributed by atoms with Gasteiger partial charge in [0.25, 0.3) is 0 Å². The van der Waals surface area contributed by atoms with Gasteiger partial charge in [-0.1, -0.05) is 27.7 Å². The van der Waals surface area contributed by atoms with E-state index in [1.165, 1.54) is 0 Å². The first-order valence-corrected chi connectivity index (χ1v) is 6.08. The van der Waals surface area contributed by atoms with Crippen LogP contribution in [0, 0.1) is 11.3 Å². The SMILES string of the molecule is CC(CNC(=O)C1CNC(=O)CN1)C(C)(C)C. The number of amides is 2. The second-order valence-corrected chi connectivity index (χ2v) is 5.75. The van der Waals surface area contributed by atoms with Crippen molar-refractivity contribution in [3.05, 3.63) is 0 Å². The van der Waals surface area contributed by atoms with Gasteiger partial charge in [0, 0.05) is 13.1 Å². The highest BCUT2D eigenvalue weighted by atomic mass is 16.2. The number of carbonyl (C=O) groups excluding carboxylic acids is 2. The summed E-state index contributed by atoms with van der Waals surface area (Å²) in [5.74, 6) is 0.308. The zero-order valence-corrected chi connectivity index (χ0v) is 11.1. The molecule has 0 aromatic carbocycles. The van der Waals surface area contributed by atoms with Gasteiger partial charge in [0.2, 0.25) is 11.8 Å². The molecule has 1 aliphatic rings. The molecule has 17 heavy (non-hydrogen) atoms. The predicted molar refractivity (Wildman–Crippen MR) is 66.4 cm³/mol. The molecule has 2 atom stereocenters. The number of carbonyl (C=O) groups is 2. The molecule has 1 rings (SSSR count). The summed E-state index contributed by atoms with van der Waals surface area (Å²) in [6, 6.07) is -0.306. The van der Waals surface area contributed by atoms with Crippen LogP contribution in [0.15, 0.2) is 0 Å². The van der Waals surface area contributed by atoms with Gasteiger partial charge in [0.05, 0.1) is 6.54 Å². The first kappa shape index (κ1) is 14.0. The molecular weight excluding hydrogens is 218 g/mol. The third-order valence-electron chi connectivity index (χ3n) is 3.39. The fourth-order valence-electron chi connectivity index (χ4n) is 1.43. The van der Waals surface area contributed by atoms with Gasteiger partial charge in [-0.15, -0.1) is 0 Å². The van der Waals surface area contributed by atoms with E-state index in [0.717, 1.165) is 0 Å². The van der Waals surface area contributed by atoms with Gasteiger partial charge < -0.3 is 10.6 Å². The van der Waals surface area contributed by atoms with Crippen molar-refractivity contribution >= 4 is 11.8 Å². The van der Waals surface area contributed by atoms with Crippen molar-refractivity contribution in [2.24, 2.45) is 11.3 Å². The molecule has 2 unspecified atom stereocenters. The molecule has 0 saturated carbocycles. The number of hydrogen-bond donors (Lipinski definition) is 3. The molecule has 3 N–H and O–H groups in total. The summed E-state index contributed by atoms with van der Waals surface area (Å²) in [5.41, 5.74) is 0.182. The Bertz CT molecular complexity index is 287. The number of piperazine rings is 1. The maximum atomic E-state index is 11.8. The van der Waals surface area contributed by atoms with E-state index < -0.39 is 0 Å². The molecule has 1 heterocycles. The minimum absolute atomic E-state index is 0.0406. The fraction of sp³-hybridized carbons (Fsp3) is 0.833. The molecule has 0 aromatic rings. The average Bonchev–Trinajstić information content (AvgIpc) is 2.25. The topological polar surface area (TPSA) is 70.2 Å². The van der Waals surface area contributed by atoms with E-state index in [1.807, 2.05) is 0 Å². The zero-order valence-electron chi connectivity index (χ0n) is 11.1. The molecule has 0 radical (unpaired) electrons. The Morgan fingerprint density at radius 1 is 1.53 bits per heavy atom.